The summed E-state index contributed by atoms with van der Waals surface area (Å²) in [6, 6.07) is 15.4. The van der Waals surface area contributed by atoms with Crippen LogP contribution in [0.15, 0.2) is 60.8 Å². The lowest BCUT2D eigenvalue weighted by Gasteiger charge is -2.12. The van der Waals surface area contributed by atoms with E-state index in [4.69, 9.17) is 4.74 Å². The molecule has 0 aliphatic heterocycles. The Hall–Kier alpha value is -3.34. The highest BCUT2D eigenvalue weighted by Gasteiger charge is 2.06. The Balaban J connectivity index is 1.97. The highest BCUT2D eigenvalue weighted by atomic mass is 16.5. The second-order valence-corrected chi connectivity index (χ2v) is 5.31. The predicted octanol–water partition coefficient (Wildman–Crippen LogP) is 4.17. The van der Waals surface area contributed by atoms with E-state index in [-0.39, 0.29) is 0 Å². The molecule has 3 aromatic rings. The number of carbonyl (C=O) groups excluding carboxylic acids is 1. The lowest BCUT2D eigenvalue weighted by atomic mass is 10.1. The molecule has 0 saturated heterocycles. The third-order valence-electron chi connectivity index (χ3n) is 3.78. The van der Waals surface area contributed by atoms with Crippen LogP contribution in [0.1, 0.15) is 5.56 Å². The number of carbonyl (C=O) groups is 1. The topological polar surface area (TPSA) is 60.5 Å². The summed E-state index contributed by atoms with van der Waals surface area (Å²) in [6.07, 6.45) is 4.87. The lowest BCUT2D eigenvalue weighted by Crippen LogP contribution is -1.96. The SMILES string of the molecule is COC(=O)/C=C/c1ccccc1Nc1ccnc2cc(OC)ccc12. The first-order chi connectivity index (χ1) is 12.2. The van der Waals surface area contributed by atoms with E-state index in [9.17, 15) is 4.79 Å². The second kappa shape index (κ2) is 7.49. The van der Waals surface area contributed by atoms with Gasteiger partial charge in [-0.3, -0.25) is 4.98 Å². The van der Waals surface area contributed by atoms with Gasteiger partial charge in [0.1, 0.15) is 5.75 Å². The molecule has 0 unspecified atom stereocenters. The van der Waals surface area contributed by atoms with Crippen molar-refractivity contribution in [2.75, 3.05) is 19.5 Å². The van der Waals surface area contributed by atoms with Crippen molar-refractivity contribution in [1.82, 2.24) is 4.98 Å². The van der Waals surface area contributed by atoms with E-state index in [1.165, 1.54) is 13.2 Å². The van der Waals surface area contributed by atoms with Gasteiger partial charge < -0.3 is 14.8 Å². The molecule has 3 rings (SSSR count). The molecule has 0 fully saturated rings. The number of esters is 1. The highest BCUT2D eigenvalue weighted by molar-refractivity contribution is 5.95. The number of anilines is 2. The third-order valence-corrected chi connectivity index (χ3v) is 3.78. The summed E-state index contributed by atoms with van der Waals surface area (Å²) in [7, 11) is 2.99. The Morgan fingerprint density at radius 1 is 1.08 bits per heavy atom. The van der Waals surface area contributed by atoms with E-state index in [0.717, 1.165) is 33.6 Å². The van der Waals surface area contributed by atoms with Crippen LogP contribution >= 0.6 is 0 Å². The number of methoxy groups -OCH3 is 2. The van der Waals surface area contributed by atoms with Gasteiger partial charge in [0, 0.05) is 35.1 Å². The zero-order chi connectivity index (χ0) is 17.6. The van der Waals surface area contributed by atoms with E-state index in [0.29, 0.717) is 0 Å². The van der Waals surface area contributed by atoms with Crippen molar-refractivity contribution in [3.63, 3.8) is 0 Å². The summed E-state index contributed by atoms with van der Waals surface area (Å²) in [4.78, 5) is 15.7. The van der Waals surface area contributed by atoms with Gasteiger partial charge in [-0.15, -0.1) is 0 Å². The van der Waals surface area contributed by atoms with Crippen molar-refractivity contribution < 1.29 is 14.3 Å². The molecule has 1 N–H and O–H groups in total. The first kappa shape index (κ1) is 16.5. The summed E-state index contributed by atoms with van der Waals surface area (Å²) in [6.45, 7) is 0. The molecule has 25 heavy (non-hydrogen) atoms. The van der Waals surface area contributed by atoms with Gasteiger partial charge in [-0.2, -0.15) is 0 Å². The van der Waals surface area contributed by atoms with E-state index >= 15 is 0 Å². The second-order valence-electron chi connectivity index (χ2n) is 5.31. The first-order valence-corrected chi connectivity index (χ1v) is 7.76. The molecule has 126 valence electrons. The van der Waals surface area contributed by atoms with Crippen molar-refractivity contribution in [1.29, 1.82) is 0 Å². The van der Waals surface area contributed by atoms with Gasteiger partial charge in [-0.05, 0) is 35.9 Å². The monoisotopic (exact) mass is 334 g/mol. The zero-order valence-electron chi connectivity index (χ0n) is 14.0. The number of ether oxygens (including phenoxy) is 2. The van der Waals surface area contributed by atoms with Crippen LogP contribution in [-0.4, -0.2) is 25.2 Å². The predicted molar refractivity (Wildman–Crippen MR) is 99.1 cm³/mol. The first-order valence-electron chi connectivity index (χ1n) is 7.76. The fraction of sp³-hybridized carbons (Fsp3) is 0.100. The van der Waals surface area contributed by atoms with Crippen molar-refractivity contribution in [2.45, 2.75) is 0 Å². The van der Waals surface area contributed by atoms with E-state index in [2.05, 4.69) is 15.0 Å². The van der Waals surface area contributed by atoms with Gasteiger partial charge in [0.05, 0.1) is 19.7 Å². The molecule has 0 aliphatic rings. The zero-order valence-corrected chi connectivity index (χ0v) is 14.0. The Bertz CT molecular complexity index is 935. The van der Waals surface area contributed by atoms with Gasteiger partial charge >= 0.3 is 5.97 Å². The minimum Gasteiger partial charge on any atom is -0.497 e. The molecule has 2 aromatic carbocycles. The van der Waals surface area contributed by atoms with Crippen LogP contribution in [0.2, 0.25) is 0 Å². The Labute approximate surface area is 145 Å². The van der Waals surface area contributed by atoms with Crippen molar-refractivity contribution >= 4 is 34.3 Å². The molecule has 0 bridgehead atoms. The summed E-state index contributed by atoms with van der Waals surface area (Å²) in [5.41, 5.74) is 3.52. The standard InChI is InChI=1S/C20H18N2O3/c1-24-15-8-9-16-18(11-12-21-19(16)13-15)22-17-6-4-3-5-14(17)7-10-20(23)25-2/h3-13H,1-2H3,(H,21,22)/b10-7+. The average Bonchev–Trinajstić information content (AvgIpc) is 2.66. The Kier molecular flexibility index (Phi) is 4.95. The maximum absolute atomic E-state index is 11.3. The molecule has 0 amide bonds. The third kappa shape index (κ3) is 3.77. The molecule has 0 saturated carbocycles. The van der Waals surface area contributed by atoms with Gasteiger partial charge in [0.15, 0.2) is 0 Å². The van der Waals surface area contributed by atoms with E-state index in [1.807, 2.05) is 48.5 Å². The molecule has 0 spiro atoms. The Morgan fingerprint density at radius 2 is 1.92 bits per heavy atom. The van der Waals surface area contributed by atoms with Crippen LogP contribution in [0.25, 0.3) is 17.0 Å². The minimum atomic E-state index is -0.392. The summed E-state index contributed by atoms with van der Waals surface area (Å²) in [5, 5.41) is 4.39. The fourth-order valence-electron chi connectivity index (χ4n) is 2.49. The quantitative estimate of drug-likeness (QED) is 0.560. The van der Waals surface area contributed by atoms with E-state index < -0.39 is 5.97 Å². The van der Waals surface area contributed by atoms with Crippen LogP contribution < -0.4 is 10.1 Å². The van der Waals surface area contributed by atoms with E-state index in [1.54, 1.807) is 19.4 Å². The summed E-state index contributed by atoms with van der Waals surface area (Å²) >= 11 is 0. The molecule has 5 nitrogen and oxygen atoms in total. The summed E-state index contributed by atoms with van der Waals surface area (Å²) in [5.74, 6) is 0.370. The van der Waals surface area contributed by atoms with Crippen LogP contribution in [0.3, 0.4) is 0 Å². The van der Waals surface area contributed by atoms with Crippen molar-refractivity contribution in [3.8, 4) is 5.75 Å². The van der Waals surface area contributed by atoms with Crippen molar-refractivity contribution in [3.05, 3.63) is 66.4 Å². The number of hydrogen-bond donors (Lipinski definition) is 1. The van der Waals surface area contributed by atoms with Crippen LogP contribution in [-0.2, 0) is 9.53 Å². The molecule has 0 radical (unpaired) electrons. The van der Waals surface area contributed by atoms with Gasteiger partial charge in [0.2, 0.25) is 0 Å². The minimum absolute atomic E-state index is 0.392. The number of nitrogens with one attached hydrogen (secondary N) is 1. The van der Waals surface area contributed by atoms with Gasteiger partial charge in [-0.25, -0.2) is 4.79 Å². The maximum atomic E-state index is 11.3. The molecule has 1 heterocycles. The molecule has 1 aromatic heterocycles. The largest absolute Gasteiger partial charge is 0.497 e. The van der Waals surface area contributed by atoms with Crippen molar-refractivity contribution in [2.24, 2.45) is 0 Å². The van der Waals surface area contributed by atoms with Gasteiger partial charge in [-0.1, -0.05) is 18.2 Å². The fourth-order valence-corrected chi connectivity index (χ4v) is 2.49. The summed E-state index contributed by atoms with van der Waals surface area (Å²) < 4.78 is 9.89. The molecular formula is C20H18N2O3. The smallest absolute Gasteiger partial charge is 0.330 e. The molecular weight excluding hydrogens is 316 g/mol. The molecule has 0 atom stereocenters. The molecule has 5 heteroatoms. The normalized spacial score (nSPS) is 10.8. The number of hydrogen-bond acceptors (Lipinski definition) is 5. The maximum Gasteiger partial charge on any atom is 0.330 e. The number of nitrogens with zero attached hydrogens (tertiary/aromatic N) is 1. The number of para-hydroxylation sites is 1. The van der Waals surface area contributed by atoms with Crippen LogP contribution in [0, 0.1) is 0 Å². The Morgan fingerprint density at radius 3 is 2.72 bits per heavy atom. The lowest BCUT2D eigenvalue weighted by molar-refractivity contribution is -0.134. The number of aromatic nitrogens is 1. The van der Waals surface area contributed by atoms with Crippen LogP contribution in [0.4, 0.5) is 11.4 Å². The number of fused-ring (bicyclic) bond motifs is 1. The number of benzene rings is 2. The van der Waals surface area contributed by atoms with Crippen LogP contribution in [0.5, 0.6) is 5.75 Å². The number of rotatable bonds is 5. The van der Waals surface area contributed by atoms with Gasteiger partial charge in [0.25, 0.3) is 0 Å². The highest BCUT2D eigenvalue weighted by Crippen LogP contribution is 2.29. The molecule has 0 aliphatic carbocycles. The average molecular weight is 334 g/mol. The number of pyridine rings is 1.